The number of carbonyl (C=O) groups excluding carboxylic acids is 3. The summed E-state index contributed by atoms with van der Waals surface area (Å²) in [6.45, 7) is 18.4. The highest BCUT2D eigenvalue weighted by atomic mass is 32.2. The standard InChI is InChI=1S/C36H57N3O7SSi/c1-12-30(35(42)45-9)37-33(40)26(4)22-32(46-48(10,11)36(5,6)7)31(21-25(2)3)38-34(41)28-19-16-20-29(23-28)39(8)47(43,44)24-27-17-14-13-15-18-27/h13-20,23,25-26,30-32H,12,21-22,24H2,1-11H3,(H,37,40)(H,38,41)/t26-,30+,31+,32+/m1/s1. The molecule has 2 aromatic rings. The van der Waals surface area contributed by atoms with Crippen molar-refractivity contribution in [3.63, 3.8) is 0 Å². The molecule has 0 spiro atoms. The first kappa shape index (κ1) is 40.9. The van der Waals surface area contributed by atoms with Gasteiger partial charge in [-0.15, -0.1) is 0 Å². The maximum absolute atomic E-state index is 13.9. The first-order valence-electron chi connectivity index (χ1n) is 16.7. The molecule has 2 aromatic carbocycles. The summed E-state index contributed by atoms with van der Waals surface area (Å²) in [4.78, 5) is 39.4. The van der Waals surface area contributed by atoms with E-state index in [0.29, 0.717) is 36.1 Å². The molecular formula is C36H57N3O7SSi. The second-order valence-electron chi connectivity index (χ2n) is 14.5. The Morgan fingerprint density at radius 1 is 0.938 bits per heavy atom. The highest BCUT2D eigenvalue weighted by molar-refractivity contribution is 7.92. The Morgan fingerprint density at radius 3 is 2.10 bits per heavy atom. The summed E-state index contributed by atoms with van der Waals surface area (Å²) in [5, 5.41) is 5.87. The van der Waals surface area contributed by atoms with Gasteiger partial charge in [-0.1, -0.05) is 84.9 Å². The number of rotatable bonds is 17. The Labute approximate surface area is 289 Å². The lowest BCUT2D eigenvalue weighted by atomic mass is 9.92. The number of nitrogens with zero attached hydrogens (tertiary/aromatic N) is 1. The van der Waals surface area contributed by atoms with Crippen LogP contribution in [0.3, 0.4) is 0 Å². The van der Waals surface area contributed by atoms with Gasteiger partial charge in [-0.05, 0) is 67.1 Å². The molecule has 0 aliphatic rings. The number of ether oxygens (including phenoxy) is 1. The third-order valence-electron chi connectivity index (χ3n) is 9.07. The number of methoxy groups -OCH3 is 1. The predicted molar refractivity (Wildman–Crippen MR) is 195 cm³/mol. The van der Waals surface area contributed by atoms with Crippen molar-refractivity contribution in [1.29, 1.82) is 0 Å². The highest BCUT2D eigenvalue weighted by Crippen LogP contribution is 2.39. The highest BCUT2D eigenvalue weighted by Gasteiger charge is 2.42. The molecule has 0 saturated heterocycles. The average molecular weight is 704 g/mol. The summed E-state index contributed by atoms with van der Waals surface area (Å²) in [5.41, 5.74) is 1.35. The van der Waals surface area contributed by atoms with Gasteiger partial charge in [0.15, 0.2) is 8.32 Å². The predicted octanol–water partition coefficient (Wildman–Crippen LogP) is 6.28. The Hall–Kier alpha value is -3.22. The minimum Gasteiger partial charge on any atom is -0.467 e. The third kappa shape index (κ3) is 11.7. The largest absolute Gasteiger partial charge is 0.467 e. The number of anilines is 1. The van der Waals surface area contributed by atoms with Crippen LogP contribution in [0.25, 0.3) is 0 Å². The van der Waals surface area contributed by atoms with Gasteiger partial charge in [0, 0.05) is 18.5 Å². The van der Waals surface area contributed by atoms with E-state index in [1.807, 2.05) is 6.07 Å². The van der Waals surface area contributed by atoms with Crippen molar-refractivity contribution < 1.29 is 32.0 Å². The van der Waals surface area contributed by atoms with E-state index in [-0.39, 0.29) is 28.5 Å². The van der Waals surface area contributed by atoms with E-state index < -0.39 is 48.4 Å². The summed E-state index contributed by atoms with van der Waals surface area (Å²) in [6, 6.07) is 14.3. The van der Waals surface area contributed by atoms with Crippen LogP contribution in [0.5, 0.6) is 0 Å². The van der Waals surface area contributed by atoms with E-state index in [2.05, 4.69) is 58.3 Å². The summed E-state index contributed by atoms with van der Waals surface area (Å²) in [6.07, 6.45) is 0.787. The van der Waals surface area contributed by atoms with Gasteiger partial charge in [0.05, 0.1) is 30.7 Å². The molecule has 12 heteroatoms. The molecule has 4 atom stereocenters. The molecule has 2 N–H and O–H groups in total. The second kappa shape index (κ2) is 17.4. The minimum atomic E-state index is -3.72. The Bertz CT molecular complexity index is 1480. The van der Waals surface area contributed by atoms with Gasteiger partial charge in [-0.25, -0.2) is 13.2 Å². The zero-order valence-corrected chi connectivity index (χ0v) is 32.4. The van der Waals surface area contributed by atoms with E-state index in [0.717, 1.165) is 0 Å². The van der Waals surface area contributed by atoms with Gasteiger partial charge in [0.25, 0.3) is 5.91 Å². The van der Waals surface area contributed by atoms with Crippen LogP contribution in [0.4, 0.5) is 5.69 Å². The third-order valence-corrected chi connectivity index (χ3v) is 15.3. The average Bonchev–Trinajstić information content (AvgIpc) is 3.01. The number of amides is 2. The molecule has 268 valence electrons. The molecular weight excluding hydrogens is 647 g/mol. The molecule has 2 amide bonds. The van der Waals surface area contributed by atoms with E-state index in [1.54, 1.807) is 62.4 Å². The molecule has 48 heavy (non-hydrogen) atoms. The van der Waals surface area contributed by atoms with Gasteiger partial charge in [0.1, 0.15) is 6.04 Å². The van der Waals surface area contributed by atoms with Crippen LogP contribution in [0.2, 0.25) is 18.1 Å². The van der Waals surface area contributed by atoms with Gasteiger partial charge in [0.2, 0.25) is 15.9 Å². The summed E-state index contributed by atoms with van der Waals surface area (Å²) in [5.74, 6) is -1.68. The number of esters is 1. The fourth-order valence-electron chi connectivity index (χ4n) is 5.04. The molecule has 0 aliphatic carbocycles. The summed E-state index contributed by atoms with van der Waals surface area (Å²) >= 11 is 0. The fraction of sp³-hybridized carbons (Fsp3) is 0.583. The van der Waals surface area contributed by atoms with Crippen molar-refractivity contribution in [3.8, 4) is 0 Å². The van der Waals surface area contributed by atoms with Crippen LogP contribution >= 0.6 is 0 Å². The molecule has 0 aromatic heterocycles. The zero-order valence-electron chi connectivity index (χ0n) is 30.6. The minimum absolute atomic E-state index is 0.133. The topological polar surface area (TPSA) is 131 Å². The number of carbonyl (C=O) groups is 3. The van der Waals surface area contributed by atoms with E-state index in [9.17, 15) is 22.8 Å². The van der Waals surface area contributed by atoms with E-state index in [1.165, 1.54) is 18.5 Å². The molecule has 0 radical (unpaired) electrons. The van der Waals surface area contributed by atoms with Crippen LogP contribution in [-0.4, -0.2) is 66.9 Å². The maximum atomic E-state index is 13.9. The van der Waals surface area contributed by atoms with Crippen molar-refractivity contribution in [2.24, 2.45) is 11.8 Å². The van der Waals surface area contributed by atoms with Crippen molar-refractivity contribution in [3.05, 3.63) is 65.7 Å². The number of sulfonamides is 1. The van der Waals surface area contributed by atoms with Crippen molar-refractivity contribution in [2.45, 2.75) is 110 Å². The normalized spacial score (nSPS) is 14.8. The number of nitrogens with one attached hydrogen (secondary N) is 2. The lowest BCUT2D eigenvalue weighted by Gasteiger charge is -2.42. The second-order valence-corrected chi connectivity index (χ2v) is 21.3. The van der Waals surface area contributed by atoms with Crippen LogP contribution in [0.1, 0.15) is 83.7 Å². The van der Waals surface area contributed by atoms with Crippen molar-refractivity contribution >= 4 is 41.8 Å². The lowest BCUT2D eigenvalue weighted by Crippen LogP contribution is -2.53. The van der Waals surface area contributed by atoms with Crippen molar-refractivity contribution in [2.75, 3.05) is 18.5 Å². The summed E-state index contributed by atoms with van der Waals surface area (Å²) < 4.78 is 39.5. The molecule has 10 nitrogen and oxygen atoms in total. The van der Waals surface area contributed by atoms with Crippen LogP contribution < -0.4 is 14.9 Å². The number of hydrogen-bond acceptors (Lipinski definition) is 7. The van der Waals surface area contributed by atoms with Crippen molar-refractivity contribution in [1.82, 2.24) is 10.6 Å². The molecule has 0 saturated carbocycles. The molecule has 0 bridgehead atoms. The number of hydrogen-bond donors (Lipinski definition) is 2. The molecule has 0 fully saturated rings. The Morgan fingerprint density at radius 2 is 1.56 bits per heavy atom. The monoisotopic (exact) mass is 703 g/mol. The van der Waals surface area contributed by atoms with Crippen LogP contribution in [0.15, 0.2) is 54.6 Å². The SMILES string of the molecule is CC[C@H](NC(=O)[C@H](C)C[C@H](O[Si](C)(C)C(C)(C)C)[C@H](CC(C)C)NC(=O)c1cccc(N(C)S(=O)(=O)Cc2ccccc2)c1)C(=O)OC. The molecule has 0 aliphatic heterocycles. The van der Waals surface area contributed by atoms with Crippen LogP contribution in [-0.2, 0) is 34.5 Å². The first-order valence-corrected chi connectivity index (χ1v) is 21.2. The van der Waals surface area contributed by atoms with Gasteiger partial charge in [-0.2, -0.15) is 0 Å². The van der Waals surface area contributed by atoms with E-state index >= 15 is 0 Å². The lowest BCUT2D eigenvalue weighted by molar-refractivity contribution is -0.145. The molecule has 2 rings (SSSR count). The quantitative estimate of drug-likeness (QED) is 0.146. The first-order chi connectivity index (χ1) is 22.2. The fourth-order valence-corrected chi connectivity index (χ4v) is 7.65. The Kier molecular flexibility index (Phi) is 14.9. The van der Waals surface area contributed by atoms with Gasteiger partial charge >= 0.3 is 5.97 Å². The van der Waals surface area contributed by atoms with Gasteiger partial charge < -0.3 is 19.8 Å². The summed E-state index contributed by atoms with van der Waals surface area (Å²) in [7, 11) is -3.33. The maximum Gasteiger partial charge on any atom is 0.328 e. The Balaban J connectivity index is 2.41. The number of benzene rings is 2. The van der Waals surface area contributed by atoms with Gasteiger partial charge in [-0.3, -0.25) is 13.9 Å². The smallest absolute Gasteiger partial charge is 0.328 e. The van der Waals surface area contributed by atoms with Crippen LogP contribution in [0, 0.1) is 11.8 Å². The molecule has 0 heterocycles. The van der Waals surface area contributed by atoms with E-state index in [4.69, 9.17) is 9.16 Å². The molecule has 0 unspecified atom stereocenters. The zero-order chi connectivity index (χ0) is 36.4.